The molecule has 0 saturated heterocycles. The van der Waals surface area contributed by atoms with Crippen molar-refractivity contribution in [2.45, 2.75) is 13.5 Å². The van der Waals surface area contributed by atoms with Crippen LogP contribution in [-0.2, 0) is 6.54 Å². The Morgan fingerprint density at radius 2 is 2.22 bits per heavy atom. The van der Waals surface area contributed by atoms with Crippen LogP contribution in [0.5, 0.6) is 0 Å². The number of carbonyl (C=O) groups excluding carboxylic acids is 1. The molecule has 0 unspecified atom stereocenters. The highest BCUT2D eigenvalue weighted by Crippen LogP contribution is 2.15. The van der Waals surface area contributed by atoms with Gasteiger partial charge in [0.05, 0.1) is 5.52 Å². The van der Waals surface area contributed by atoms with E-state index in [4.69, 9.17) is 0 Å². The topological polar surface area (TPSA) is 51.1 Å². The van der Waals surface area contributed by atoms with Crippen molar-refractivity contribution in [1.82, 2.24) is 9.88 Å². The fraction of sp³-hybridized carbons (Fsp3) is 0.154. The maximum absolute atomic E-state index is 12.2. The normalized spacial score (nSPS) is 10.6. The molecule has 1 amide bonds. The second-order valence-electron chi connectivity index (χ2n) is 3.83. The third-order valence-electron chi connectivity index (χ3n) is 2.79. The molecule has 1 aromatic heterocycles. The first-order valence-electron chi connectivity index (χ1n) is 5.48. The van der Waals surface area contributed by atoms with Crippen LogP contribution in [0.2, 0.25) is 0 Å². The molecule has 1 aromatic carbocycles. The second-order valence-corrected chi connectivity index (χ2v) is 5.07. The smallest absolute Gasteiger partial charge is 0.256 e. The van der Waals surface area contributed by atoms with Crippen LogP contribution >= 0.6 is 22.6 Å². The van der Waals surface area contributed by atoms with E-state index in [1.165, 1.54) is 0 Å². The van der Waals surface area contributed by atoms with Gasteiger partial charge < -0.3 is 9.88 Å². The van der Waals surface area contributed by atoms with Crippen LogP contribution in [0.25, 0.3) is 10.9 Å². The molecule has 0 aliphatic rings. The van der Waals surface area contributed by atoms with Crippen LogP contribution < -0.4 is 10.7 Å². The van der Waals surface area contributed by atoms with Crippen molar-refractivity contribution in [3.05, 3.63) is 50.8 Å². The summed E-state index contributed by atoms with van der Waals surface area (Å²) in [5.74, 6) is -0.456. The zero-order chi connectivity index (χ0) is 13.3. The first-order valence-corrected chi connectivity index (χ1v) is 6.56. The van der Waals surface area contributed by atoms with Crippen LogP contribution in [0.4, 0.5) is 0 Å². The Balaban J connectivity index is 2.88. The first-order chi connectivity index (χ1) is 8.58. The van der Waals surface area contributed by atoms with Gasteiger partial charge in [0.15, 0.2) is 0 Å². The molecule has 5 heteroatoms. The van der Waals surface area contributed by atoms with Gasteiger partial charge in [-0.05, 0) is 47.7 Å². The van der Waals surface area contributed by atoms with Gasteiger partial charge in [-0.1, -0.05) is 0 Å². The molecule has 0 atom stereocenters. The molecule has 18 heavy (non-hydrogen) atoms. The highest BCUT2D eigenvalue weighted by Gasteiger charge is 2.13. The summed E-state index contributed by atoms with van der Waals surface area (Å²) in [5, 5.41) is 2.81. The maximum atomic E-state index is 12.2. The molecule has 0 saturated carbocycles. The molecule has 2 rings (SSSR count). The van der Waals surface area contributed by atoms with E-state index in [1.54, 1.807) is 12.3 Å². The zero-order valence-corrected chi connectivity index (χ0v) is 12.0. The fourth-order valence-corrected chi connectivity index (χ4v) is 2.38. The Morgan fingerprint density at radius 3 is 2.83 bits per heavy atom. The second kappa shape index (κ2) is 5.09. The Hall–Kier alpha value is -1.37. The minimum Gasteiger partial charge on any atom is -0.350 e. The van der Waals surface area contributed by atoms with Gasteiger partial charge in [-0.2, -0.15) is 0 Å². The van der Waals surface area contributed by atoms with Gasteiger partial charge in [0.2, 0.25) is 5.43 Å². The lowest BCUT2D eigenvalue weighted by Gasteiger charge is -2.11. The van der Waals surface area contributed by atoms with Crippen molar-refractivity contribution in [1.29, 1.82) is 0 Å². The summed E-state index contributed by atoms with van der Waals surface area (Å²) in [4.78, 5) is 23.9. The van der Waals surface area contributed by atoms with Crippen molar-refractivity contribution in [2.24, 2.45) is 0 Å². The van der Waals surface area contributed by atoms with E-state index in [1.807, 2.05) is 23.6 Å². The summed E-state index contributed by atoms with van der Waals surface area (Å²) in [6.45, 7) is 2.66. The number of aromatic nitrogens is 1. The van der Waals surface area contributed by atoms with Gasteiger partial charge in [0, 0.05) is 28.7 Å². The maximum Gasteiger partial charge on any atom is 0.256 e. The number of carbonyl (C=O) groups is 1. The van der Waals surface area contributed by atoms with Crippen LogP contribution in [0.1, 0.15) is 17.3 Å². The van der Waals surface area contributed by atoms with Gasteiger partial charge in [-0.25, -0.2) is 0 Å². The number of benzene rings is 1. The van der Waals surface area contributed by atoms with Crippen molar-refractivity contribution < 1.29 is 4.79 Å². The van der Waals surface area contributed by atoms with Crippen molar-refractivity contribution >= 4 is 39.4 Å². The number of nitrogens with zero attached hydrogens (tertiary/aromatic N) is 1. The number of amides is 1. The van der Waals surface area contributed by atoms with Crippen molar-refractivity contribution in [2.75, 3.05) is 0 Å². The molecule has 0 fully saturated rings. The van der Waals surface area contributed by atoms with E-state index in [0.717, 1.165) is 9.09 Å². The lowest BCUT2D eigenvalue weighted by atomic mass is 10.1. The predicted octanol–water partition coefficient (Wildman–Crippen LogP) is 2.15. The highest BCUT2D eigenvalue weighted by molar-refractivity contribution is 14.1. The zero-order valence-electron chi connectivity index (χ0n) is 9.87. The number of fused-ring (bicyclic) bond motifs is 1. The van der Waals surface area contributed by atoms with Crippen molar-refractivity contribution in [3.8, 4) is 0 Å². The highest BCUT2D eigenvalue weighted by atomic mass is 127. The average Bonchev–Trinajstić information content (AvgIpc) is 2.39. The van der Waals surface area contributed by atoms with E-state index < -0.39 is 5.91 Å². The summed E-state index contributed by atoms with van der Waals surface area (Å²) < 4.78 is 2.85. The van der Waals surface area contributed by atoms with Crippen LogP contribution in [0, 0.1) is 10.6 Å². The van der Waals surface area contributed by atoms with E-state index in [9.17, 15) is 9.59 Å². The predicted molar refractivity (Wildman–Crippen MR) is 79.4 cm³/mol. The molecule has 2 aromatic rings. The van der Waals surface area contributed by atoms with Gasteiger partial charge in [-0.3, -0.25) is 9.59 Å². The SMILES string of the molecule is [CH2]NC(=O)c1cn(CC)c2ccc(I)cc2c1=O. The number of pyridine rings is 1. The number of hydrogen-bond donors (Lipinski definition) is 1. The molecule has 0 spiro atoms. The van der Waals surface area contributed by atoms with E-state index >= 15 is 0 Å². The lowest BCUT2D eigenvalue weighted by Crippen LogP contribution is -2.26. The quantitative estimate of drug-likeness (QED) is 0.840. The number of halogens is 1. The third-order valence-corrected chi connectivity index (χ3v) is 3.46. The Bertz CT molecular complexity index is 676. The van der Waals surface area contributed by atoms with Gasteiger partial charge >= 0.3 is 0 Å². The van der Waals surface area contributed by atoms with Gasteiger partial charge in [-0.15, -0.1) is 0 Å². The summed E-state index contributed by atoms with van der Waals surface area (Å²) >= 11 is 2.15. The molecular formula is C13H12IN2O2. The number of hydrogen-bond acceptors (Lipinski definition) is 2. The standard InChI is InChI=1S/C13H12IN2O2/c1-3-16-7-10(13(18)15-2)12(17)9-6-8(14)4-5-11(9)16/h4-7H,2-3H2,1H3,(H,15,18). The molecular weight excluding hydrogens is 343 g/mol. The monoisotopic (exact) mass is 355 g/mol. The molecule has 1 heterocycles. The fourth-order valence-electron chi connectivity index (χ4n) is 1.89. The van der Waals surface area contributed by atoms with Crippen LogP contribution in [-0.4, -0.2) is 10.5 Å². The largest absolute Gasteiger partial charge is 0.350 e. The third kappa shape index (κ3) is 2.14. The molecule has 1 N–H and O–H groups in total. The molecule has 0 aliphatic heterocycles. The minimum atomic E-state index is -0.456. The van der Waals surface area contributed by atoms with Gasteiger partial charge in [0.1, 0.15) is 5.56 Å². The molecule has 1 radical (unpaired) electrons. The van der Waals surface area contributed by atoms with E-state index in [-0.39, 0.29) is 11.0 Å². The summed E-state index contributed by atoms with van der Waals surface area (Å²) in [5.41, 5.74) is 0.708. The summed E-state index contributed by atoms with van der Waals surface area (Å²) in [6, 6.07) is 5.63. The minimum absolute atomic E-state index is 0.126. The molecule has 93 valence electrons. The Morgan fingerprint density at radius 1 is 1.50 bits per heavy atom. The van der Waals surface area contributed by atoms with Crippen LogP contribution in [0.3, 0.4) is 0 Å². The lowest BCUT2D eigenvalue weighted by molar-refractivity contribution is 0.0967. The average molecular weight is 355 g/mol. The summed E-state index contributed by atoms with van der Waals surface area (Å²) in [7, 11) is 3.31. The first kappa shape index (κ1) is 13.1. The molecule has 4 nitrogen and oxygen atoms in total. The number of nitrogens with one attached hydrogen (secondary N) is 1. The Kier molecular flexibility index (Phi) is 3.70. The summed E-state index contributed by atoms with van der Waals surface area (Å²) in [6.07, 6.45) is 1.58. The molecule has 0 aliphatic carbocycles. The van der Waals surface area contributed by atoms with Crippen LogP contribution in [0.15, 0.2) is 29.2 Å². The van der Waals surface area contributed by atoms with E-state index in [0.29, 0.717) is 11.9 Å². The van der Waals surface area contributed by atoms with E-state index in [2.05, 4.69) is 35.0 Å². The van der Waals surface area contributed by atoms with Gasteiger partial charge in [0.25, 0.3) is 5.91 Å². The molecule has 0 bridgehead atoms. The Labute approximate surface area is 118 Å². The number of aryl methyl sites for hydroxylation is 1. The number of rotatable bonds is 2. The van der Waals surface area contributed by atoms with Crippen molar-refractivity contribution in [3.63, 3.8) is 0 Å².